The number of nitrogens with zero attached hydrogens (tertiary/aromatic N) is 1. The zero-order valence-electron chi connectivity index (χ0n) is 13.9. The van der Waals surface area contributed by atoms with Gasteiger partial charge in [-0.3, -0.25) is 9.59 Å². The Bertz CT molecular complexity index is 572. The van der Waals surface area contributed by atoms with E-state index in [2.05, 4.69) is 5.32 Å². The highest BCUT2D eigenvalue weighted by Crippen LogP contribution is 2.31. The van der Waals surface area contributed by atoms with Crippen LogP contribution in [0.15, 0.2) is 24.3 Å². The van der Waals surface area contributed by atoms with Gasteiger partial charge in [0.15, 0.2) is 0 Å². The molecule has 1 N–H and O–H groups in total. The molecule has 1 aromatic rings. The number of anilines is 1. The SMILES string of the molecule is CC(C(=O)Nc1cccc(C(=O)N2CCCC2)c1)C1CCCC1. The van der Waals surface area contributed by atoms with Gasteiger partial charge in [-0.15, -0.1) is 0 Å². The van der Waals surface area contributed by atoms with E-state index in [1.165, 1.54) is 12.8 Å². The molecule has 0 radical (unpaired) electrons. The molecule has 0 aromatic heterocycles. The minimum absolute atomic E-state index is 0.0374. The first-order valence-corrected chi connectivity index (χ1v) is 8.85. The fraction of sp³-hybridized carbons (Fsp3) is 0.579. The van der Waals surface area contributed by atoms with Crippen molar-refractivity contribution in [1.29, 1.82) is 0 Å². The summed E-state index contributed by atoms with van der Waals surface area (Å²) >= 11 is 0. The van der Waals surface area contributed by atoms with Crippen molar-refractivity contribution in [2.45, 2.75) is 45.4 Å². The van der Waals surface area contributed by atoms with E-state index in [1.54, 1.807) is 6.07 Å². The molecular weight excluding hydrogens is 288 g/mol. The first-order chi connectivity index (χ1) is 11.1. The third-order valence-corrected chi connectivity index (χ3v) is 5.29. The van der Waals surface area contributed by atoms with Gasteiger partial charge in [-0.1, -0.05) is 25.8 Å². The Labute approximate surface area is 138 Å². The Balaban J connectivity index is 1.64. The molecule has 1 heterocycles. The van der Waals surface area contributed by atoms with Gasteiger partial charge in [0.1, 0.15) is 0 Å². The summed E-state index contributed by atoms with van der Waals surface area (Å²) in [6.07, 6.45) is 6.95. The van der Waals surface area contributed by atoms with Crippen LogP contribution in [0, 0.1) is 11.8 Å². The summed E-state index contributed by atoms with van der Waals surface area (Å²) in [5.41, 5.74) is 1.39. The summed E-state index contributed by atoms with van der Waals surface area (Å²) in [4.78, 5) is 26.8. The van der Waals surface area contributed by atoms with Gasteiger partial charge < -0.3 is 10.2 Å². The molecule has 1 saturated carbocycles. The van der Waals surface area contributed by atoms with Crippen molar-refractivity contribution in [2.24, 2.45) is 11.8 Å². The van der Waals surface area contributed by atoms with Gasteiger partial charge in [0.05, 0.1) is 0 Å². The lowest BCUT2D eigenvalue weighted by Crippen LogP contribution is -2.28. The normalized spacial score (nSPS) is 19.8. The highest BCUT2D eigenvalue weighted by molar-refractivity contribution is 5.97. The molecule has 0 bridgehead atoms. The first-order valence-electron chi connectivity index (χ1n) is 8.85. The predicted octanol–water partition coefficient (Wildman–Crippen LogP) is 3.69. The van der Waals surface area contributed by atoms with Gasteiger partial charge in [-0.25, -0.2) is 0 Å². The van der Waals surface area contributed by atoms with Gasteiger partial charge in [-0.05, 0) is 49.8 Å². The Morgan fingerprint density at radius 1 is 1.13 bits per heavy atom. The molecule has 23 heavy (non-hydrogen) atoms. The van der Waals surface area contributed by atoms with Gasteiger partial charge in [-0.2, -0.15) is 0 Å². The van der Waals surface area contributed by atoms with Gasteiger partial charge in [0, 0.05) is 30.3 Å². The summed E-state index contributed by atoms with van der Waals surface area (Å²) < 4.78 is 0. The van der Waals surface area contributed by atoms with Crippen molar-refractivity contribution in [3.8, 4) is 0 Å². The van der Waals surface area contributed by atoms with E-state index in [-0.39, 0.29) is 17.7 Å². The number of carbonyl (C=O) groups excluding carboxylic acids is 2. The highest BCUT2D eigenvalue weighted by Gasteiger charge is 2.27. The van der Waals surface area contributed by atoms with Crippen LogP contribution in [-0.4, -0.2) is 29.8 Å². The maximum absolute atomic E-state index is 12.4. The maximum Gasteiger partial charge on any atom is 0.253 e. The van der Waals surface area contributed by atoms with E-state index in [1.807, 2.05) is 30.0 Å². The Kier molecular flexibility index (Phi) is 4.99. The number of nitrogens with one attached hydrogen (secondary N) is 1. The molecule has 1 atom stereocenters. The quantitative estimate of drug-likeness (QED) is 0.921. The largest absolute Gasteiger partial charge is 0.339 e. The van der Waals surface area contributed by atoms with Crippen molar-refractivity contribution in [3.63, 3.8) is 0 Å². The lowest BCUT2D eigenvalue weighted by molar-refractivity contribution is -0.120. The molecule has 1 aliphatic heterocycles. The fourth-order valence-electron chi connectivity index (χ4n) is 3.76. The Morgan fingerprint density at radius 3 is 2.52 bits per heavy atom. The average molecular weight is 314 g/mol. The fourth-order valence-corrected chi connectivity index (χ4v) is 3.76. The summed E-state index contributed by atoms with van der Waals surface area (Å²) in [7, 11) is 0. The molecule has 2 aliphatic rings. The lowest BCUT2D eigenvalue weighted by Gasteiger charge is -2.19. The minimum Gasteiger partial charge on any atom is -0.339 e. The van der Waals surface area contributed by atoms with E-state index in [0.717, 1.165) is 44.5 Å². The van der Waals surface area contributed by atoms with Crippen LogP contribution in [0.4, 0.5) is 5.69 Å². The van der Waals surface area contributed by atoms with Crippen LogP contribution in [0.2, 0.25) is 0 Å². The summed E-state index contributed by atoms with van der Waals surface area (Å²) in [6.45, 7) is 3.70. The van der Waals surface area contributed by atoms with Crippen molar-refractivity contribution in [3.05, 3.63) is 29.8 Å². The van der Waals surface area contributed by atoms with Gasteiger partial charge in [0.25, 0.3) is 5.91 Å². The summed E-state index contributed by atoms with van der Waals surface area (Å²) in [5, 5.41) is 2.99. The van der Waals surface area contributed by atoms with Crippen LogP contribution in [0.5, 0.6) is 0 Å². The van der Waals surface area contributed by atoms with Gasteiger partial charge in [0.2, 0.25) is 5.91 Å². The smallest absolute Gasteiger partial charge is 0.253 e. The number of hydrogen-bond acceptors (Lipinski definition) is 2. The number of likely N-dealkylation sites (tertiary alicyclic amines) is 1. The van der Waals surface area contributed by atoms with Crippen LogP contribution < -0.4 is 5.32 Å². The van der Waals surface area contributed by atoms with E-state index >= 15 is 0 Å². The van der Waals surface area contributed by atoms with E-state index in [4.69, 9.17) is 0 Å². The topological polar surface area (TPSA) is 49.4 Å². The van der Waals surface area contributed by atoms with Crippen LogP contribution >= 0.6 is 0 Å². The molecule has 124 valence electrons. The number of amides is 2. The second-order valence-electron chi connectivity index (χ2n) is 6.90. The van der Waals surface area contributed by atoms with Gasteiger partial charge >= 0.3 is 0 Å². The lowest BCUT2D eigenvalue weighted by atomic mass is 9.92. The highest BCUT2D eigenvalue weighted by atomic mass is 16.2. The minimum atomic E-state index is 0.0374. The van der Waals surface area contributed by atoms with Crippen molar-refractivity contribution < 1.29 is 9.59 Å². The summed E-state index contributed by atoms with van der Waals surface area (Å²) in [5.74, 6) is 0.685. The number of carbonyl (C=O) groups is 2. The van der Waals surface area contributed by atoms with Crippen molar-refractivity contribution in [1.82, 2.24) is 4.90 Å². The van der Waals surface area contributed by atoms with E-state index in [9.17, 15) is 9.59 Å². The number of rotatable bonds is 4. The molecule has 4 heteroatoms. The van der Waals surface area contributed by atoms with Crippen molar-refractivity contribution in [2.75, 3.05) is 18.4 Å². The third-order valence-electron chi connectivity index (χ3n) is 5.29. The zero-order chi connectivity index (χ0) is 16.2. The molecular formula is C19H26N2O2. The molecule has 3 rings (SSSR count). The molecule has 1 saturated heterocycles. The number of benzene rings is 1. The molecule has 0 spiro atoms. The predicted molar refractivity (Wildman–Crippen MR) is 91.3 cm³/mol. The average Bonchev–Trinajstić information content (AvgIpc) is 3.27. The summed E-state index contributed by atoms with van der Waals surface area (Å²) in [6, 6.07) is 7.34. The molecule has 2 amide bonds. The second-order valence-corrected chi connectivity index (χ2v) is 6.90. The second kappa shape index (κ2) is 7.16. The van der Waals surface area contributed by atoms with Crippen molar-refractivity contribution >= 4 is 17.5 Å². The Morgan fingerprint density at radius 2 is 1.83 bits per heavy atom. The standard InChI is InChI=1S/C19H26N2O2/c1-14(15-7-2-3-8-15)18(22)20-17-10-6-9-16(13-17)19(23)21-11-4-5-12-21/h6,9-10,13-15H,2-5,7-8,11-12H2,1H3,(H,20,22). The van der Waals surface area contributed by atoms with Crippen LogP contribution in [0.3, 0.4) is 0 Å². The van der Waals surface area contributed by atoms with Crippen LogP contribution in [0.1, 0.15) is 55.8 Å². The molecule has 1 unspecified atom stereocenters. The molecule has 2 fully saturated rings. The molecule has 1 aromatic carbocycles. The monoisotopic (exact) mass is 314 g/mol. The maximum atomic E-state index is 12.4. The van der Waals surface area contributed by atoms with Crippen LogP contribution in [0.25, 0.3) is 0 Å². The van der Waals surface area contributed by atoms with Crippen LogP contribution in [-0.2, 0) is 4.79 Å². The third kappa shape index (κ3) is 3.74. The molecule has 1 aliphatic carbocycles. The van der Waals surface area contributed by atoms with E-state index < -0.39 is 0 Å². The molecule has 4 nitrogen and oxygen atoms in total. The van der Waals surface area contributed by atoms with E-state index in [0.29, 0.717) is 11.5 Å². The Hall–Kier alpha value is -1.84. The number of hydrogen-bond donors (Lipinski definition) is 1. The zero-order valence-corrected chi connectivity index (χ0v) is 13.9. The first kappa shape index (κ1) is 16.0.